The number of nitrogens with one attached hydrogen (secondary N) is 1. The first-order chi connectivity index (χ1) is 15.4. The van der Waals surface area contributed by atoms with E-state index in [1.807, 2.05) is 18.2 Å². The summed E-state index contributed by atoms with van der Waals surface area (Å²) in [5.41, 5.74) is 2.21. The van der Waals surface area contributed by atoms with Crippen molar-refractivity contribution in [2.24, 2.45) is 0 Å². The Morgan fingerprint density at radius 2 is 1.78 bits per heavy atom. The fraction of sp³-hybridized carbons (Fsp3) is 0.333. The summed E-state index contributed by atoms with van der Waals surface area (Å²) in [4.78, 5) is 17.7. The molecule has 1 aliphatic rings. The molecule has 1 N–H and O–H groups in total. The Bertz CT molecular complexity index is 1250. The molecule has 0 bridgehead atoms. The topological polar surface area (TPSA) is 88.6 Å². The van der Waals surface area contributed by atoms with Crippen LogP contribution in [0.15, 0.2) is 53.4 Å². The van der Waals surface area contributed by atoms with Crippen molar-refractivity contribution in [3.8, 4) is 5.75 Å². The summed E-state index contributed by atoms with van der Waals surface area (Å²) in [5.74, 6) is 0.338. The summed E-state index contributed by atoms with van der Waals surface area (Å²) in [6, 6.07) is 13.7. The molecule has 4 rings (SSSR count). The zero-order valence-electron chi connectivity index (χ0n) is 18.3. The smallest absolute Gasteiger partial charge is 0.257 e. The van der Waals surface area contributed by atoms with Crippen molar-refractivity contribution in [2.75, 3.05) is 25.5 Å². The Kier molecular flexibility index (Phi) is 6.43. The molecule has 0 atom stereocenters. The van der Waals surface area contributed by atoms with Gasteiger partial charge in [-0.3, -0.25) is 9.78 Å². The highest BCUT2D eigenvalue weighted by Crippen LogP contribution is 2.25. The standard InChI is InChI=1S/C24H27N3O4S/c1-17-22(15-18-14-20(31-2)10-11-23(18)25-17)24(28)26-19-8-7-9-21(16-19)32(29,30)27-12-5-3-4-6-13-27/h7-11,14-16H,3-6,12-13H2,1-2H3,(H,26,28). The highest BCUT2D eigenvalue weighted by Gasteiger charge is 2.25. The van der Waals surface area contributed by atoms with Gasteiger partial charge in [0.25, 0.3) is 5.91 Å². The van der Waals surface area contributed by atoms with Crippen LogP contribution in [0.25, 0.3) is 10.9 Å². The van der Waals surface area contributed by atoms with E-state index in [2.05, 4.69) is 10.3 Å². The Labute approximate surface area is 188 Å². The van der Waals surface area contributed by atoms with Crippen LogP contribution in [0, 0.1) is 6.92 Å². The van der Waals surface area contributed by atoms with Crippen LogP contribution < -0.4 is 10.1 Å². The second-order valence-corrected chi connectivity index (χ2v) is 9.92. The van der Waals surface area contributed by atoms with Crippen LogP contribution in [-0.2, 0) is 10.0 Å². The molecule has 0 spiro atoms. The monoisotopic (exact) mass is 453 g/mol. The van der Waals surface area contributed by atoms with Gasteiger partial charge in [0.1, 0.15) is 5.75 Å². The van der Waals surface area contributed by atoms with Gasteiger partial charge in [-0.25, -0.2) is 8.42 Å². The molecule has 0 saturated carbocycles. The third kappa shape index (κ3) is 4.61. The van der Waals surface area contributed by atoms with Crippen molar-refractivity contribution in [2.45, 2.75) is 37.5 Å². The van der Waals surface area contributed by atoms with Crippen molar-refractivity contribution < 1.29 is 17.9 Å². The van der Waals surface area contributed by atoms with Crippen molar-refractivity contribution in [1.29, 1.82) is 0 Å². The van der Waals surface area contributed by atoms with Gasteiger partial charge < -0.3 is 10.1 Å². The van der Waals surface area contributed by atoms with Crippen LogP contribution in [0.1, 0.15) is 41.7 Å². The lowest BCUT2D eigenvalue weighted by molar-refractivity contribution is 0.102. The predicted molar refractivity (Wildman–Crippen MR) is 125 cm³/mol. The van der Waals surface area contributed by atoms with Gasteiger partial charge in [-0.15, -0.1) is 0 Å². The Morgan fingerprint density at radius 1 is 1.03 bits per heavy atom. The first-order valence-electron chi connectivity index (χ1n) is 10.8. The molecule has 0 aliphatic carbocycles. The average Bonchev–Trinajstić information content (AvgIpc) is 3.08. The SMILES string of the molecule is COc1ccc2nc(C)c(C(=O)Nc3cccc(S(=O)(=O)N4CCCCCC4)c3)cc2c1. The van der Waals surface area contributed by atoms with Gasteiger partial charge in [0, 0.05) is 24.2 Å². The first-order valence-corrected chi connectivity index (χ1v) is 12.2. The third-order valence-electron chi connectivity index (χ3n) is 5.75. The number of pyridine rings is 1. The van der Waals surface area contributed by atoms with E-state index < -0.39 is 10.0 Å². The molecule has 1 saturated heterocycles. The van der Waals surface area contributed by atoms with E-state index in [1.54, 1.807) is 42.6 Å². The molecule has 1 aliphatic heterocycles. The molecule has 0 radical (unpaired) electrons. The summed E-state index contributed by atoms with van der Waals surface area (Å²) >= 11 is 0. The van der Waals surface area contributed by atoms with Crippen molar-refractivity contribution >= 4 is 32.5 Å². The minimum absolute atomic E-state index is 0.190. The maximum atomic E-state index is 13.1. The van der Waals surface area contributed by atoms with Crippen LogP contribution in [0.5, 0.6) is 5.75 Å². The zero-order chi connectivity index (χ0) is 22.7. The Morgan fingerprint density at radius 3 is 2.50 bits per heavy atom. The molecule has 2 aromatic carbocycles. The lowest BCUT2D eigenvalue weighted by atomic mass is 10.1. The predicted octanol–water partition coefficient (Wildman–Crippen LogP) is 4.37. The van der Waals surface area contributed by atoms with Crippen LogP contribution in [-0.4, -0.2) is 43.8 Å². The van der Waals surface area contributed by atoms with Crippen molar-refractivity contribution in [1.82, 2.24) is 9.29 Å². The van der Waals surface area contributed by atoms with Gasteiger partial charge in [-0.2, -0.15) is 4.31 Å². The lowest BCUT2D eigenvalue weighted by Gasteiger charge is -2.20. The van der Waals surface area contributed by atoms with E-state index in [0.29, 0.717) is 35.8 Å². The Hall–Kier alpha value is -2.97. The van der Waals surface area contributed by atoms with Gasteiger partial charge in [0.05, 0.1) is 28.8 Å². The minimum atomic E-state index is -3.60. The van der Waals surface area contributed by atoms with Gasteiger partial charge >= 0.3 is 0 Å². The number of methoxy groups -OCH3 is 1. The van der Waals surface area contributed by atoms with E-state index in [-0.39, 0.29) is 10.8 Å². The normalized spacial score (nSPS) is 15.3. The number of nitrogens with zero attached hydrogens (tertiary/aromatic N) is 2. The van der Waals surface area contributed by atoms with E-state index in [1.165, 1.54) is 6.07 Å². The number of sulfonamides is 1. The number of fused-ring (bicyclic) bond motifs is 1. The molecule has 3 aromatic rings. The summed E-state index contributed by atoms with van der Waals surface area (Å²) in [7, 11) is -2.01. The number of carbonyl (C=O) groups is 1. The molecule has 32 heavy (non-hydrogen) atoms. The molecule has 8 heteroatoms. The van der Waals surface area contributed by atoms with Crippen LogP contribution in [0.3, 0.4) is 0 Å². The second-order valence-electron chi connectivity index (χ2n) is 7.98. The second kappa shape index (κ2) is 9.26. The quantitative estimate of drug-likeness (QED) is 0.620. The van der Waals surface area contributed by atoms with E-state index in [4.69, 9.17) is 4.74 Å². The van der Waals surface area contributed by atoms with Crippen LogP contribution in [0.4, 0.5) is 5.69 Å². The van der Waals surface area contributed by atoms with Gasteiger partial charge in [-0.05, 0) is 62.2 Å². The number of anilines is 1. The van der Waals surface area contributed by atoms with Gasteiger partial charge in [0.15, 0.2) is 0 Å². The van der Waals surface area contributed by atoms with Crippen LogP contribution >= 0.6 is 0 Å². The molecule has 168 valence electrons. The third-order valence-corrected chi connectivity index (χ3v) is 7.65. The van der Waals surface area contributed by atoms with Crippen molar-refractivity contribution in [3.05, 3.63) is 59.8 Å². The number of amides is 1. The van der Waals surface area contributed by atoms with Crippen LogP contribution in [0.2, 0.25) is 0 Å². The van der Waals surface area contributed by atoms with E-state index in [9.17, 15) is 13.2 Å². The average molecular weight is 454 g/mol. The van der Waals surface area contributed by atoms with E-state index >= 15 is 0 Å². The largest absolute Gasteiger partial charge is 0.497 e. The molecule has 1 fully saturated rings. The summed E-state index contributed by atoms with van der Waals surface area (Å²) in [6.07, 6.45) is 3.84. The number of hydrogen-bond acceptors (Lipinski definition) is 5. The molecule has 1 aromatic heterocycles. The summed E-state index contributed by atoms with van der Waals surface area (Å²) in [6.45, 7) is 2.84. The van der Waals surface area contributed by atoms with Gasteiger partial charge in [-0.1, -0.05) is 18.9 Å². The number of hydrogen-bond donors (Lipinski definition) is 1. The number of aromatic nitrogens is 1. The van der Waals surface area contributed by atoms with E-state index in [0.717, 1.165) is 36.6 Å². The highest BCUT2D eigenvalue weighted by molar-refractivity contribution is 7.89. The number of benzene rings is 2. The molecule has 2 heterocycles. The summed E-state index contributed by atoms with van der Waals surface area (Å²) in [5, 5.41) is 3.62. The molecule has 7 nitrogen and oxygen atoms in total. The number of ether oxygens (including phenoxy) is 1. The highest BCUT2D eigenvalue weighted by atomic mass is 32.2. The molecule has 0 unspecified atom stereocenters. The minimum Gasteiger partial charge on any atom is -0.497 e. The maximum absolute atomic E-state index is 13.1. The maximum Gasteiger partial charge on any atom is 0.257 e. The zero-order valence-corrected chi connectivity index (χ0v) is 19.1. The fourth-order valence-electron chi connectivity index (χ4n) is 3.97. The van der Waals surface area contributed by atoms with Crippen molar-refractivity contribution in [3.63, 3.8) is 0 Å². The fourth-order valence-corrected chi connectivity index (χ4v) is 5.54. The molecule has 1 amide bonds. The number of rotatable bonds is 5. The summed E-state index contributed by atoms with van der Waals surface area (Å²) < 4.78 is 33.0. The number of aryl methyl sites for hydroxylation is 1. The number of carbonyl (C=O) groups excluding carboxylic acids is 1. The first kappa shape index (κ1) is 22.2. The lowest BCUT2D eigenvalue weighted by Crippen LogP contribution is -2.32. The van der Waals surface area contributed by atoms with Gasteiger partial charge in [0.2, 0.25) is 10.0 Å². The Balaban J connectivity index is 1.59. The molecular weight excluding hydrogens is 426 g/mol. The molecular formula is C24H27N3O4S.